The Morgan fingerprint density at radius 1 is 0.870 bits per heavy atom. The molecule has 0 saturated heterocycles. The second-order valence-electron chi connectivity index (χ2n) is 7.64. The van der Waals surface area contributed by atoms with Crippen molar-refractivity contribution in [2.24, 2.45) is 17.8 Å². The molecule has 23 heavy (non-hydrogen) atoms. The molecule has 0 amide bonds. The van der Waals surface area contributed by atoms with Gasteiger partial charge in [0.15, 0.2) is 0 Å². The second kappa shape index (κ2) is 5.97. The topological polar surface area (TPSA) is 104 Å². The Bertz CT molecular complexity index is 519. The highest BCUT2D eigenvalue weighted by Crippen LogP contribution is 2.60. The van der Waals surface area contributed by atoms with Crippen LogP contribution in [0.15, 0.2) is 16.5 Å². The minimum absolute atomic E-state index is 0.515. The van der Waals surface area contributed by atoms with Crippen molar-refractivity contribution in [1.29, 1.82) is 0 Å². The van der Waals surface area contributed by atoms with Crippen LogP contribution in [-0.2, 0) is 5.41 Å². The van der Waals surface area contributed by atoms with E-state index in [2.05, 4.69) is 26.0 Å². The first-order valence-corrected chi connectivity index (χ1v) is 9.40. The molecule has 0 spiro atoms. The van der Waals surface area contributed by atoms with E-state index in [1.165, 1.54) is 38.5 Å². The van der Waals surface area contributed by atoms with E-state index in [-0.39, 0.29) is 0 Å². The molecule has 4 saturated carbocycles. The maximum atomic E-state index is 8.49. The van der Waals surface area contributed by atoms with Crippen molar-refractivity contribution in [3.63, 3.8) is 0 Å². The molecule has 4 fully saturated rings. The summed E-state index contributed by atoms with van der Waals surface area (Å²) in [6.07, 6.45) is 8.91. The summed E-state index contributed by atoms with van der Waals surface area (Å²) >= 11 is 0. The maximum Gasteiger partial charge on any atom is 0.326 e. The molecule has 6 heteroatoms. The van der Waals surface area contributed by atoms with Crippen molar-refractivity contribution in [3.05, 3.63) is 29.2 Å². The monoisotopic (exact) mass is 342 g/mol. The van der Waals surface area contributed by atoms with Crippen molar-refractivity contribution >= 4 is 0 Å². The van der Waals surface area contributed by atoms with E-state index >= 15 is 0 Å². The summed E-state index contributed by atoms with van der Waals surface area (Å²) < 4.78 is 39.7. The van der Waals surface area contributed by atoms with E-state index in [0.717, 1.165) is 29.3 Å². The largest absolute Gasteiger partial charge is 0.326 e. The zero-order valence-corrected chi connectivity index (χ0v) is 14.3. The number of halogens is 1. The third kappa shape index (κ3) is 4.03. The van der Waals surface area contributed by atoms with Gasteiger partial charge in [0, 0.05) is 12.1 Å². The van der Waals surface area contributed by atoms with E-state index < -0.39 is 10.2 Å². The van der Waals surface area contributed by atoms with Crippen LogP contribution in [0.2, 0.25) is 0 Å². The molecule has 0 N–H and O–H groups in total. The number of hydrogen-bond donors (Lipinski definition) is 0. The van der Waals surface area contributed by atoms with E-state index in [9.17, 15) is 0 Å². The SMILES string of the molecule is Cc1cc(C23CC4CC(CC(C4)C2)C3)cc(C)[o+]1.[O-][Cl+3]([O-])([O-])[O-]. The van der Waals surface area contributed by atoms with Gasteiger partial charge < -0.3 is 0 Å². The van der Waals surface area contributed by atoms with Crippen LogP contribution in [0.1, 0.15) is 55.6 Å². The van der Waals surface area contributed by atoms with Crippen LogP contribution < -0.4 is 18.6 Å². The summed E-state index contributed by atoms with van der Waals surface area (Å²) in [6.45, 7) is 4.19. The molecular formula is C17H23ClO5. The van der Waals surface area contributed by atoms with Gasteiger partial charge in [-0.3, -0.25) is 0 Å². The predicted octanol–water partition coefficient (Wildman–Crippen LogP) is -0.111. The van der Waals surface area contributed by atoms with Gasteiger partial charge in [-0.2, -0.15) is 0 Å². The summed E-state index contributed by atoms with van der Waals surface area (Å²) in [4.78, 5) is 0. The first-order valence-electron chi connectivity index (χ1n) is 8.17. The van der Waals surface area contributed by atoms with Crippen molar-refractivity contribution < 1.29 is 33.3 Å². The van der Waals surface area contributed by atoms with Gasteiger partial charge in [-0.1, -0.05) is 0 Å². The van der Waals surface area contributed by atoms with Gasteiger partial charge in [0.05, 0.1) is 13.8 Å². The molecule has 4 aliphatic rings. The Morgan fingerprint density at radius 2 is 1.22 bits per heavy atom. The Kier molecular flexibility index (Phi) is 4.44. The Morgan fingerprint density at radius 3 is 1.57 bits per heavy atom. The van der Waals surface area contributed by atoms with E-state index in [1.54, 1.807) is 5.56 Å². The summed E-state index contributed by atoms with van der Waals surface area (Å²) in [5.41, 5.74) is 2.10. The quantitative estimate of drug-likeness (QED) is 0.662. The number of aryl methyl sites for hydroxylation is 2. The molecule has 1 aromatic rings. The molecule has 4 aliphatic carbocycles. The molecular weight excluding hydrogens is 320 g/mol. The lowest BCUT2D eigenvalue weighted by Crippen LogP contribution is -2.68. The van der Waals surface area contributed by atoms with Gasteiger partial charge in [-0.05, 0) is 67.3 Å². The molecule has 128 valence electrons. The first kappa shape index (κ1) is 17.1. The second-order valence-corrected chi connectivity index (χ2v) is 8.40. The van der Waals surface area contributed by atoms with Gasteiger partial charge in [0.25, 0.3) is 0 Å². The molecule has 0 unspecified atom stereocenters. The molecule has 4 bridgehead atoms. The number of rotatable bonds is 1. The van der Waals surface area contributed by atoms with Crippen LogP contribution in [0.5, 0.6) is 0 Å². The molecule has 1 aromatic heterocycles. The minimum Gasteiger partial charge on any atom is -0.222 e. The van der Waals surface area contributed by atoms with Crippen LogP contribution >= 0.6 is 0 Å². The van der Waals surface area contributed by atoms with Crippen molar-refractivity contribution in [2.45, 2.75) is 57.8 Å². The average Bonchev–Trinajstić information content (AvgIpc) is 2.33. The van der Waals surface area contributed by atoms with E-state index in [1.807, 2.05) is 0 Å². The molecule has 0 atom stereocenters. The smallest absolute Gasteiger partial charge is 0.222 e. The standard InChI is InChI=1S/C17H23O.ClHO4/c1-11-3-16(4-12(2)18-11)17-8-13-5-14(9-17)7-15(6-13)10-17;2-1(3,4)5/h3-4,13-15H,5-10H2,1-2H3;(H,2,3,4,5)/q+1;/p-1. The lowest BCUT2D eigenvalue weighted by Gasteiger charge is -2.57. The van der Waals surface area contributed by atoms with Gasteiger partial charge >= 0.3 is 11.5 Å². The minimum atomic E-state index is -4.94. The zero-order chi connectivity index (χ0) is 16.8. The normalized spacial score (nSPS) is 35.0. The van der Waals surface area contributed by atoms with Gasteiger partial charge in [-0.25, -0.2) is 23.1 Å². The van der Waals surface area contributed by atoms with Crippen LogP contribution in [0.25, 0.3) is 0 Å². The fraction of sp³-hybridized carbons (Fsp3) is 0.706. The number of hydrogen-bond acceptors (Lipinski definition) is 4. The average molecular weight is 343 g/mol. The van der Waals surface area contributed by atoms with Crippen LogP contribution in [0, 0.1) is 41.8 Å². The van der Waals surface area contributed by atoms with Crippen LogP contribution in [0.3, 0.4) is 0 Å². The molecule has 5 rings (SSSR count). The highest BCUT2D eigenvalue weighted by atomic mass is 35.7. The fourth-order valence-corrected chi connectivity index (χ4v) is 5.56. The predicted molar refractivity (Wildman–Crippen MR) is 72.4 cm³/mol. The third-order valence-electron chi connectivity index (χ3n) is 5.69. The van der Waals surface area contributed by atoms with Crippen LogP contribution in [-0.4, -0.2) is 0 Å². The summed E-state index contributed by atoms with van der Waals surface area (Å²) in [5.74, 6) is 5.23. The maximum absolute atomic E-state index is 8.49. The molecule has 0 radical (unpaired) electrons. The molecule has 0 aliphatic heterocycles. The fourth-order valence-electron chi connectivity index (χ4n) is 5.56. The summed E-state index contributed by atoms with van der Waals surface area (Å²) in [5, 5.41) is 0. The summed E-state index contributed by atoms with van der Waals surface area (Å²) in [7, 11) is -4.94. The van der Waals surface area contributed by atoms with E-state index in [0.29, 0.717) is 5.41 Å². The lowest BCUT2D eigenvalue weighted by atomic mass is 9.48. The van der Waals surface area contributed by atoms with Crippen molar-refractivity contribution in [3.8, 4) is 0 Å². The Balaban J connectivity index is 0.000000276. The van der Waals surface area contributed by atoms with Gasteiger partial charge in [-0.15, -0.1) is 10.2 Å². The molecule has 1 heterocycles. The lowest BCUT2D eigenvalue weighted by molar-refractivity contribution is -2.00. The van der Waals surface area contributed by atoms with Crippen LogP contribution in [0.4, 0.5) is 0 Å². The van der Waals surface area contributed by atoms with Gasteiger partial charge in [0.2, 0.25) is 0 Å². The first-order chi connectivity index (χ1) is 10.6. The highest BCUT2D eigenvalue weighted by molar-refractivity contribution is 5.30. The van der Waals surface area contributed by atoms with Crippen molar-refractivity contribution in [1.82, 2.24) is 0 Å². The zero-order valence-electron chi connectivity index (χ0n) is 13.5. The Hall–Kier alpha value is -0.720. The Labute approximate surface area is 138 Å². The van der Waals surface area contributed by atoms with Crippen molar-refractivity contribution in [2.75, 3.05) is 0 Å². The summed E-state index contributed by atoms with van der Waals surface area (Å²) in [6, 6.07) is 4.64. The molecule has 5 nitrogen and oxygen atoms in total. The van der Waals surface area contributed by atoms with Gasteiger partial charge in [0.1, 0.15) is 0 Å². The molecule has 0 aromatic carbocycles. The third-order valence-corrected chi connectivity index (χ3v) is 5.69. The highest BCUT2D eigenvalue weighted by Gasteiger charge is 2.52. The van der Waals surface area contributed by atoms with E-state index in [4.69, 9.17) is 23.1 Å².